The van der Waals surface area contributed by atoms with E-state index in [1.165, 1.54) is 55.4 Å². The van der Waals surface area contributed by atoms with Crippen LogP contribution in [0.4, 0.5) is 0 Å². The van der Waals surface area contributed by atoms with E-state index in [1.807, 2.05) is 74.5 Å². The number of carboxylic acid groups (broad SMARTS) is 1. The van der Waals surface area contributed by atoms with Gasteiger partial charge in [0.1, 0.15) is 66.2 Å². The number of pyridine rings is 1. The number of fused-ring (bicyclic) bond motifs is 2. The Balaban J connectivity index is 1.04. The quantitative estimate of drug-likeness (QED) is 0.0251. The first-order chi connectivity index (χ1) is 49.4. The molecule has 2 aromatic heterocycles. The van der Waals surface area contributed by atoms with Crippen LogP contribution in [0.5, 0.6) is 5.75 Å². The number of nitrogens with zero attached hydrogens (tertiary/aromatic N) is 2. The van der Waals surface area contributed by atoms with Crippen LogP contribution in [0.15, 0.2) is 146 Å². The van der Waals surface area contributed by atoms with Crippen molar-refractivity contribution in [3.05, 3.63) is 179 Å². The first kappa shape index (κ1) is 78.0. The Morgan fingerprint density at radius 1 is 0.573 bits per heavy atom. The lowest BCUT2D eigenvalue weighted by Gasteiger charge is -2.31. The van der Waals surface area contributed by atoms with Crippen LogP contribution in [0, 0.1) is 5.92 Å². The number of aromatic amines is 1. The largest absolute Gasteiger partial charge is 0.508 e. The number of nitrogens with two attached hydrogens (primary N) is 1. The van der Waals surface area contributed by atoms with Crippen molar-refractivity contribution in [1.29, 1.82) is 0 Å². The number of aliphatic carboxylic acids is 1. The standard InChI is InChI=1S/C75H90ClN13O14/c1-43(2)33-63(74(101)89-32-12-19-65(89)73(100)80-44(3)75(102)103)87-71(98)62(39-52-41-79-56-17-8-7-16-55(52)56)86-66(93)57(18-9-10-30-77)82-68(95)59(36-47-23-28-54(92)29-24-47)85-72(99)64(42-90)88-70(97)61(38-49-13-11-31-78-40-49)84-69(96)60(35-46-21-26-53(76)27-22-46)83-67(94)58(81-45(4)91)37-48-20-25-50-14-5-6-15-51(50)34-48/h5-8,11,13-17,20-29,31,34,40-41,43-44,57-65,79,90,92H,9-10,12,18-19,30,32-33,35-39,42,77H2,1-4H3,(H,80,100)(H,81,91)(H,82,95)(H,83,94)(H,84,96)(H,85,99)(H,86,93)(H,87,98)(H,88,97)(H,102,103)/t44-,57-,58-,59+,60-,61-,62+,63+,64+,65+/m1/s1. The highest BCUT2D eigenvalue weighted by molar-refractivity contribution is 6.30. The molecule has 10 amide bonds. The SMILES string of the molecule is CC(=O)N[C@H](Cc1ccc2ccccc2c1)C(=O)N[C@H](Cc1ccc(Cl)cc1)C(=O)N[C@H](Cc1cccnc1)C(=O)N[C@@H](CO)C(=O)N[C@@H](Cc1ccc(O)cc1)C(=O)N[C@H](CCCCN)C(=O)N[C@@H](Cc1c[nH]c2ccccc12)C(=O)N[C@@H](CC(C)C)C(=O)N1CCC[C@H]1C(=O)N[C@H](C)C(=O)O. The third-order valence-electron chi connectivity index (χ3n) is 17.8. The Morgan fingerprint density at radius 2 is 1.09 bits per heavy atom. The highest BCUT2D eigenvalue weighted by Gasteiger charge is 2.41. The third kappa shape index (κ3) is 22.9. The van der Waals surface area contributed by atoms with Crippen LogP contribution in [0.3, 0.4) is 0 Å². The number of hydrogen-bond acceptors (Lipinski definition) is 15. The number of nitrogens with one attached hydrogen (secondary N) is 10. The van der Waals surface area contributed by atoms with Gasteiger partial charge in [0.15, 0.2) is 0 Å². The van der Waals surface area contributed by atoms with E-state index in [0.717, 1.165) is 21.7 Å². The number of H-pyrrole nitrogens is 1. The monoisotopic (exact) mass is 1430 g/mol. The van der Waals surface area contributed by atoms with E-state index in [0.29, 0.717) is 45.7 Å². The van der Waals surface area contributed by atoms with Gasteiger partial charge in [0.2, 0.25) is 59.1 Å². The second-order valence-corrected chi connectivity index (χ2v) is 26.7. The molecule has 546 valence electrons. The van der Waals surface area contributed by atoms with Gasteiger partial charge in [-0.05, 0) is 133 Å². The smallest absolute Gasteiger partial charge is 0.325 e. The summed E-state index contributed by atoms with van der Waals surface area (Å²) in [6.45, 7) is 5.53. The summed E-state index contributed by atoms with van der Waals surface area (Å²) in [6, 6.07) is 22.1. The van der Waals surface area contributed by atoms with Crippen molar-refractivity contribution in [2.45, 2.75) is 159 Å². The number of aromatic nitrogens is 2. The van der Waals surface area contributed by atoms with Gasteiger partial charge in [-0.3, -0.25) is 57.7 Å². The molecule has 0 bridgehead atoms. The highest BCUT2D eigenvalue weighted by Crippen LogP contribution is 2.24. The molecule has 0 aliphatic carbocycles. The van der Waals surface area contributed by atoms with Crippen LogP contribution in [-0.2, 0) is 84.8 Å². The summed E-state index contributed by atoms with van der Waals surface area (Å²) in [7, 11) is 0. The number of phenolic OH excluding ortho intramolecular Hbond substituents is 1. The van der Waals surface area contributed by atoms with E-state index in [-0.39, 0.29) is 82.5 Å². The summed E-state index contributed by atoms with van der Waals surface area (Å²) >= 11 is 6.24. The van der Waals surface area contributed by atoms with Crippen molar-refractivity contribution in [3.8, 4) is 5.75 Å². The molecule has 1 fully saturated rings. The van der Waals surface area contributed by atoms with Gasteiger partial charge in [-0.25, -0.2) is 0 Å². The molecule has 0 unspecified atom stereocenters. The van der Waals surface area contributed by atoms with Crippen molar-refractivity contribution in [2.24, 2.45) is 11.7 Å². The molecule has 8 rings (SSSR count). The minimum absolute atomic E-state index is 0.0374. The Kier molecular flexibility index (Phi) is 28.6. The van der Waals surface area contributed by atoms with Crippen LogP contribution < -0.4 is 53.6 Å². The summed E-state index contributed by atoms with van der Waals surface area (Å²) in [5.74, 6) is -9.57. The Labute approximate surface area is 601 Å². The second-order valence-electron chi connectivity index (χ2n) is 26.3. The lowest BCUT2D eigenvalue weighted by molar-refractivity contribution is -0.144. The fraction of sp³-hybridized carbons (Fsp3) is 0.387. The Bertz CT molecular complexity index is 4120. The van der Waals surface area contributed by atoms with Gasteiger partial charge in [0.25, 0.3) is 0 Å². The molecule has 5 aromatic carbocycles. The van der Waals surface area contributed by atoms with Crippen molar-refractivity contribution >= 4 is 98.3 Å². The Morgan fingerprint density at radius 3 is 1.67 bits per heavy atom. The van der Waals surface area contributed by atoms with E-state index in [4.69, 9.17) is 17.3 Å². The number of para-hydroxylation sites is 1. The van der Waals surface area contributed by atoms with Gasteiger partial charge < -0.3 is 78.8 Å². The third-order valence-corrected chi connectivity index (χ3v) is 18.0. The highest BCUT2D eigenvalue weighted by atomic mass is 35.5. The average molecular weight is 1430 g/mol. The number of aliphatic hydroxyl groups excluding tert-OH is 1. The number of carbonyl (C=O) groups is 11. The van der Waals surface area contributed by atoms with E-state index < -0.39 is 132 Å². The Hall–Kier alpha value is -10.8. The number of hydrogen-bond donors (Lipinski definition) is 14. The van der Waals surface area contributed by atoms with Gasteiger partial charge in [-0.15, -0.1) is 0 Å². The zero-order valence-corrected chi connectivity index (χ0v) is 58.5. The topological polar surface area (TPSA) is 415 Å². The molecule has 15 N–H and O–H groups in total. The maximum atomic E-state index is 15.0. The zero-order valence-electron chi connectivity index (χ0n) is 57.8. The molecule has 1 aliphatic heterocycles. The van der Waals surface area contributed by atoms with Crippen LogP contribution in [-0.4, -0.2) is 175 Å². The van der Waals surface area contributed by atoms with Gasteiger partial charge in [0, 0.05) is 80.1 Å². The van der Waals surface area contributed by atoms with Crippen molar-refractivity contribution in [2.75, 3.05) is 19.7 Å². The van der Waals surface area contributed by atoms with Crippen LogP contribution in [0.1, 0.15) is 94.0 Å². The number of aliphatic hydroxyl groups is 1. The fourth-order valence-corrected chi connectivity index (χ4v) is 12.4. The van der Waals surface area contributed by atoms with Gasteiger partial charge in [-0.2, -0.15) is 0 Å². The number of likely N-dealkylation sites (tertiary alicyclic amines) is 1. The molecule has 10 atom stereocenters. The average Bonchev–Trinajstić information content (AvgIpc) is 1.74. The number of amides is 10. The number of benzene rings is 5. The predicted molar refractivity (Wildman–Crippen MR) is 385 cm³/mol. The maximum absolute atomic E-state index is 15.0. The minimum Gasteiger partial charge on any atom is -0.508 e. The van der Waals surface area contributed by atoms with Gasteiger partial charge >= 0.3 is 5.97 Å². The molecular weight excluding hydrogens is 1340 g/mol. The number of carboxylic acids is 1. The first-order valence-electron chi connectivity index (χ1n) is 34.3. The number of carbonyl (C=O) groups excluding carboxylic acids is 10. The lowest BCUT2D eigenvalue weighted by atomic mass is 9.99. The van der Waals surface area contributed by atoms with E-state index in [9.17, 15) is 63.3 Å². The number of halogens is 1. The molecule has 1 aliphatic rings. The molecule has 27 nitrogen and oxygen atoms in total. The number of aromatic hydroxyl groups is 1. The van der Waals surface area contributed by atoms with Crippen molar-refractivity contribution in [1.82, 2.24) is 62.7 Å². The summed E-state index contributed by atoms with van der Waals surface area (Å²) in [6.07, 6.45) is 5.26. The maximum Gasteiger partial charge on any atom is 0.325 e. The van der Waals surface area contributed by atoms with Crippen LogP contribution in [0.2, 0.25) is 5.02 Å². The molecule has 103 heavy (non-hydrogen) atoms. The van der Waals surface area contributed by atoms with Crippen LogP contribution in [0.25, 0.3) is 21.7 Å². The second kappa shape index (κ2) is 37.8. The normalized spacial score (nSPS) is 15.4. The predicted octanol–water partition coefficient (Wildman–Crippen LogP) is 3.23. The zero-order chi connectivity index (χ0) is 74.3. The molecule has 0 radical (unpaired) electrons. The molecule has 0 saturated carbocycles. The lowest BCUT2D eigenvalue weighted by Crippen LogP contribution is -2.61. The number of rotatable bonds is 36. The molecular formula is C75H90ClN13O14. The van der Waals surface area contributed by atoms with Crippen LogP contribution >= 0.6 is 11.6 Å². The van der Waals surface area contributed by atoms with Crippen molar-refractivity contribution < 1.29 is 68.1 Å². The van der Waals surface area contributed by atoms with Gasteiger partial charge in [-0.1, -0.05) is 116 Å². The van der Waals surface area contributed by atoms with Gasteiger partial charge in [0.05, 0.1) is 6.61 Å². The van der Waals surface area contributed by atoms with Crippen molar-refractivity contribution in [3.63, 3.8) is 0 Å². The molecule has 28 heteroatoms. The van der Waals surface area contributed by atoms with E-state index >= 15 is 4.79 Å². The molecule has 1 saturated heterocycles. The summed E-state index contributed by atoms with van der Waals surface area (Å²) in [5.41, 5.74) is 9.37. The van der Waals surface area contributed by atoms with E-state index in [2.05, 4.69) is 57.8 Å². The fourth-order valence-electron chi connectivity index (χ4n) is 12.3. The molecule has 7 aromatic rings. The molecule has 3 heterocycles. The summed E-state index contributed by atoms with van der Waals surface area (Å²) in [5, 5.41) is 57.9. The molecule has 0 spiro atoms. The van der Waals surface area contributed by atoms with E-state index in [1.54, 1.807) is 48.7 Å². The number of unbranched alkanes of at least 4 members (excludes halogenated alkanes) is 1. The number of phenols is 1. The minimum atomic E-state index is -1.82. The summed E-state index contributed by atoms with van der Waals surface area (Å²) in [4.78, 5) is 165. The first-order valence-corrected chi connectivity index (χ1v) is 34.7. The summed E-state index contributed by atoms with van der Waals surface area (Å²) < 4.78 is 0.